The van der Waals surface area contributed by atoms with Crippen LogP contribution in [0.1, 0.15) is 11.1 Å². The third-order valence-corrected chi connectivity index (χ3v) is 5.04. The lowest BCUT2D eigenvalue weighted by molar-refractivity contribution is -0.305. The number of ether oxygens (including phenoxy) is 5. The van der Waals surface area contributed by atoms with Crippen molar-refractivity contribution in [1.82, 2.24) is 0 Å². The van der Waals surface area contributed by atoms with E-state index >= 15 is 0 Å². The van der Waals surface area contributed by atoms with E-state index in [1.54, 1.807) is 13.2 Å². The van der Waals surface area contributed by atoms with Crippen molar-refractivity contribution in [2.75, 3.05) is 20.3 Å². The Labute approximate surface area is 182 Å². The third kappa shape index (κ3) is 6.61. The van der Waals surface area contributed by atoms with Crippen molar-refractivity contribution in [3.8, 4) is 5.75 Å². The molecule has 5 atom stereocenters. The highest BCUT2D eigenvalue weighted by molar-refractivity contribution is 5.26. The van der Waals surface area contributed by atoms with E-state index in [4.69, 9.17) is 23.7 Å². The lowest BCUT2D eigenvalue weighted by Gasteiger charge is -2.42. The Morgan fingerprint density at radius 1 is 0.935 bits per heavy atom. The van der Waals surface area contributed by atoms with E-state index in [0.29, 0.717) is 6.61 Å². The minimum absolute atomic E-state index is 0.0869. The van der Waals surface area contributed by atoms with E-state index in [-0.39, 0.29) is 19.8 Å². The summed E-state index contributed by atoms with van der Waals surface area (Å²) in [5.41, 5.74) is 1.90. The van der Waals surface area contributed by atoms with Crippen molar-refractivity contribution in [3.63, 3.8) is 0 Å². The van der Waals surface area contributed by atoms with Crippen LogP contribution in [0.5, 0.6) is 5.75 Å². The van der Waals surface area contributed by atoms with Crippen LogP contribution in [0, 0.1) is 0 Å². The standard InChI is InChI=1S/C24H30O7/c1-3-13-29-23-22(30-15-17-7-5-4-6-8-17)21(25)20(31-24(23)26)16-28-14-18-9-11-19(27-2)12-10-18/h3-12,20-26H,1,13-16H2,2H3/t20-,21-,22+,23+,24+/m1/s1. The van der Waals surface area contributed by atoms with Crippen molar-refractivity contribution in [1.29, 1.82) is 0 Å². The number of hydrogen-bond acceptors (Lipinski definition) is 7. The van der Waals surface area contributed by atoms with Gasteiger partial charge in [-0.25, -0.2) is 0 Å². The van der Waals surface area contributed by atoms with E-state index in [0.717, 1.165) is 16.9 Å². The van der Waals surface area contributed by atoms with Gasteiger partial charge in [0.15, 0.2) is 6.29 Å². The fourth-order valence-electron chi connectivity index (χ4n) is 3.37. The van der Waals surface area contributed by atoms with Gasteiger partial charge in [0.25, 0.3) is 0 Å². The molecule has 3 rings (SSSR count). The van der Waals surface area contributed by atoms with Crippen LogP contribution < -0.4 is 4.74 Å². The van der Waals surface area contributed by atoms with E-state index in [1.165, 1.54) is 0 Å². The van der Waals surface area contributed by atoms with Gasteiger partial charge in [-0.3, -0.25) is 0 Å². The first kappa shape index (κ1) is 23.4. The summed E-state index contributed by atoms with van der Waals surface area (Å²) in [7, 11) is 1.61. The molecule has 1 heterocycles. The molecule has 168 valence electrons. The molecule has 0 unspecified atom stereocenters. The highest BCUT2D eigenvalue weighted by Gasteiger charge is 2.46. The maximum atomic E-state index is 10.9. The summed E-state index contributed by atoms with van der Waals surface area (Å²) >= 11 is 0. The summed E-state index contributed by atoms with van der Waals surface area (Å²) in [6.07, 6.45) is -3.15. The van der Waals surface area contributed by atoms with Gasteiger partial charge in [0.2, 0.25) is 0 Å². The zero-order valence-electron chi connectivity index (χ0n) is 17.6. The van der Waals surface area contributed by atoms with E-state index in [9.17, 15) is 10.2 Å². The quantitative estimate of drug-likeness (QED) is 0.530. The molecule has 1 fully saturated rings. The maximum absolute atomic E-state index is 10.9. The van der Waals surface area contributed by atoms with Crippen LogP contribution in [0.15, 0.2) is 67.3 Å². The number of benzene rings is 2. The van der Waals surface area contributed by atoms with Gasteiger partial charge in [-0.15, -0.1) is 6.58 Å². The number of hydrogen-bond donors (Lipinski definition) is 2. The van der Waals surface area contributed by atoms with Crippen LogP contribution >= 0.6 is 0 Å². The highest BCUT2D eigenvalue weighted by atomic mass is 16.7. The van der Waals surface area contributed by atoms with Gasteiger partial charge >= 0.3 is 0 Å². The highest BCUT2D eigenvalue weighted by Crippen LogP contribution is 2.26. The van der Waals surface area contributed by atoms with Crippen molar-refractivity contribution >= 4 is 0 Å². The molecule has 0 saturated carbocycles. The second-order valence-corrected chi connectivity index (χ2v) is 7.27. The Kier molecular flexibility index (Phi) is 9.02. The lowest BCUT2D eigenvalue weighted by atomic mass is 9.98. The smallest absolute Gasteiger partial charge is 0.184 e. The molecule has 1 saturated heterocycles. The minimum Gasteiger partial charge on any atom is -0.497 e. The molecular weight excluding hydrogens is 400 g/mol. The van der Waals surface area contributed by atoms with Gasteiger partial charge < -0.3 is 33.9 Å². The molecule has 0 spiro atoms. The van der Waals surface area contributed by atoms with Crippen LogP contribution in [-0.2, 0) is 32.2 Å². The molecule has 1 aliphatic rings. The predicted molar refractivity (Wildman–Crippen MR) is 114 cm³/mol. The summed E-state index contributed by atoms with van der Waals surface area (Å²) in [5.74, 6) is 0.766. The fraction of sp³-hybridized carbons (Fsp3) is 0.417. The fourth-order valence-corrected chi connectivity index (χ4v) is 3.37. The largest absolute Gasteiger partial charge is 0.497 e. The van der Waals surface area contributed by atoms with Crippen LogP contribution in [0.25, 0.3) is 0 Å². The molecular formula is C24H30O7. The molecule has 1 aliphatic heterocycles. The first-order valence-corrected chi connectivity index (χ1v) is 10.2. The van der Waals surface area contributed by atoms with Gasteiger partial charge in [-0.2, -0.15) is 0 Å². The van der Waals surface area contributed by atoms with Gasteiger partial charge in [0.1, 0.15) is 30.2 Å². The van der Waals surface area contributed by atoms with Crippen molar-refractivity contribution in [2.24, 2.45) is 0 Å². The van der Waals surface area contributed by atoms with Crippen LogP contribution in [0.2, 0.25) is 0 Å². The normalized spacial score (nSPS) is 25.8. The first-order chi connectivity index (χ1) is 15.1. The molecule has 7 nitrogen and oxygen atoms in total. The zero-order chi connectivity index (χ0) is 22.1. The lowest BCUT2D eigenvalue weighted by Crippen LogP contribution is -2.60. The van der Waals surface area contributed by atoms with Crippen LogP contribution in [-0.4, -0.2) is 61.2 Å². The Bertz CT molecular complexity index is 780. The third-order valence-electron chi connectivity index (χ3n) is 5.04. The van der Waals surface area contributed by atoms with E-state index in [2.05, 4.69) is 6.58 Å². The zero-order valence-corrected chi connectivity index (χ0v) is 17.6. The van der Waals surface area contributed by atoms with E-state index < -0.39 is 30.7 Å². The first-order valence-electron chi connectivity index (χ1n) is 10.2. The number of aliphatic hydroxyl groups excluding tert-OH is 2. The number of aliphatic hydroxyl groups is 2. The molecule has 0 amide bonds. The second-order valence-electron chi connectivity index (χ2n) is 7.27. The Hall–Kier alpha value is -2.26. The molecule has 0 aliphatic carbocycles. The van der Waals surface area contributed by atoms with Crippen molar-refractivity contribution in [2.45, 2.75) is 43.9 Å². The minimum atomic E-state index is -1.27. The SMILES string of the molecule is C=CCO[C@H]1[C@@H](OCc2ccccc2)[C@H](O)[C@@H](COCc2ccc(OC)cc2)O[C@@H]1O. The monoisotopic (exact) mass is 430 g/mol. The summed E-state index contributed by atoms with van der Waals surface area (Å²) in [4.78, 5) is 0. The molecule has 0 aromatic heterocycles. The Morgan fingerprint density at radius 2 is 1.65 bits per heavy atom. The van der Waals surface area contributed by atoms with Gasteiger partial charge in [-0.05, 0) is 23.3 Å². The average molecular weight is 430 g/mol. The van der Waals surface area contributed by atoms with Crippen LogP contribution in [0.3, 0.4) is 0 Å². The number of rotatable bonds is 11. The summed E-state index contributed by atoms with van der Waals surface area (Å²) in [6, 6.07) is 17.1. The molecule has 0 radical (unpaired) electrons. The van der Waals surface area contributed by atoms with Crippen molar-refractivity contribution in [3.05, 3.63) is 78.4 Å². The maximum Gasteiger partial charge on any atom is 0.184 e. The van der Waals surface area contributed by atoms with Crippen molar-refractivity contribution < 1.29 is 33.9 Å². The molecule has 2 aromatic rings. The Balaban J connectivity index is 1.60. The molecule has 31 heavy (non-hydrogen) atoms. The Morgan fingerprint density at radius 3 is 2.32 bits per heavy atom. The molecule has 0 bridgehead atoms. The van der Waals surface area contributed by atoms with Gasteiger partial charge in [0, 0.05) is 0 Å². The van der Waals surface area contributed by atoms with Crippen LogP contribution in [0.4, 0.5) is 0 Å². The van der Waals surface area contributed by atoms with Gasteiger partial charge in [0.05, 0.1) is 33.5 Å². The molecule has 2 aromatic carbocycles. The molecule has 2 N–H and O–H groups in total. The number of methoxy groups -OCH3 is 1. The molecule has 7 heteroatoms. The second kappa shape index (κ2) is 12.0. The topological polar surface area (TPSA) is 86.6 Å². The van der Waals surface area contributed by atoms with E-state index in [1.807, 2.05) is 54.6 Å². The predicted octanol–water partition coefficient (Wildman–Crippen LogP) is 2.45. The van der Waals surface area contributed by atoms with Gasteiger partial charge in [-0.1, -0.05) is 48.5 Å². The summed E-state index contributed by atoms with van der Waals surface area (Å²) in [5, 5.41) is 21.4. The summed E-state index contributed by atoms with van der Waals surface area (Å²) < 4.78 is 28.1. The average Bonchev–Trinajstić information content (AvgIpc) is 2.80. The summed E-state index contributed by atoms with van der Waals surface area (Å²) in [6.45, 7) is 4.51.